The molecule has 1 aliphatic heterocycles. The molecule has 1 aromatic carbocycles. The van der Waals surface area contributed by atoms with E-state index in [2.05, 4.69) is 9.88 Å². The average molecular weight is 342 g/mol. The van der Waals surface area contributed by atoms with Crippen LogP contribution in [0.25, 0.3) is 0 Å². The van der Waals surface area contributed by atoms with E-state index >= 15 is 0 Å². The smallest absolute Gasteiger partial charge is 0.328 e. The van der Waals surface area contributed by atoms with Crippen molar-refractivity contribution in [3.63, 3.8) is 0 Å². The molecule has 3 rings (SSSR count). The van der Waals surface area contributed by atoms with Crippen LogP contribution in [-0.2, 0) is 6.54 Å². The molecule has 1 fully saturated rings. The van der Waals surface area contributed by atoms with Gasteiger partial charge >= 0.3 is 5.69 Å². The van der Waals surface area contributed by atoms with Gasteiger partial charge in [0.25, 0.3) is 11.5 Å². The van der Waals surface area contributed by atoms with Gasteiger partial charge in [-0.15, -0.1) is 0 Å². The first-order valence-corrected chi connectivity index (χ1v) is 8.42. The fourth-order valence-corrected chi connectivity index (χ4v) is 3.03. The number of piperazine rings is 1. The predicted molar refractivity (Wildman–Crippen MR) is 94.8 cm³/mol. The molecule has 1 saturated heterocycles. The van der Waals surface area contributed by atoms with Crippen LogP contribution in [0.1, 0.15) is 16.1 Å². The number of aryl methyl sites for hydroxylation is 1. The summed E-state index contributed by atoms with van der Waals surface area (Å²) in [6.45, 7) is 5.41. The van der Waals surface area contributed by atoms with Gasteiger partial charge in [0.15, 0.2) is 0 Å². The maximum Gasteiger partial charge on any atom is 0.328 e. The molecule has 0 radical (unpaired) electrons. The van der Waals surface area contributed by atoms with Crippen molar-refractivity contribution in [3.05, 3.63) is 68.5 Å². The SMILES string of the molecule is Cc1cc(=O)n(CCN2CCN(C(=O)c3ccccc3)CC2)c(=O)[nH]1. The Kier molecular flexibility index (Phi) is 5.14. The summed E-state index contributed by atoms with van der Waals surface area (Å²) < 4.78 is 1.22. The van der Waals surface area contributed by atoms with Crippen LogP contribution < -0.4 is 11.2 Å². The third-order valence-corrected chi connectivity index (χ3v) is 4.48. The van der Waals surface area contributed by atoms with Crippen molar-refractivity contribution in [3.8, 4) is 0 Å². The van der Waals surface area contributed by atoms with Crippen molar-refractivity contribution in [1.29, 1.82) is 0 Å². The van der Waals surface area contributed by atoms with Crippen molar-refractivity contribution < 1.29 is 4.79 Å². The monoisotopic (exact) mass is 342 g/mol. The van der Waals surface area contributed by atoms with Crippen LogP contribution in [0.4, 0.5) is 0 Å². The van der Waals surface area contributed by atoms with Crippen molar-refractivity contribution in [2.24, 2.45) is 0 Å². The van der Waals surface area contributed by atoms with E-state index in [0.717, 1.165) is 13.1 Å². The Morgan fingerprint density at radius 3 is 2.36 bits per heavy atom. The lowest BCUT2D eigenvalue weighted by atomic mass is 10.2. The van der Waals surface area contributed by atoms with E-state index in [1.807, 2.05) is 35.2 Å². The Morgan fingerprint density at radius 2 is 1.72 bits per heavy atom. The van der Waals surface area contributed by atoms with Gasteiger partial charge in [-0.1, -0.05) is 18.2 Å². The van der Waals surface area contributed by atoms with Crippen molar-refractivity contribution >= 4 is 5.91 Å². The molecule has 1 aromatic heterocycles. The minimum absolute atomic E-state index is 0.0476. The highest BCUT2D eigenvalue weighted by Gasteiger charge is 2.21. The molecule has 1 aliphatic rings. The number of nitrogens with zero attached hydrogens (tertiary/aromatic N) is 3. The number of hydrogen-bond donors (Lipinski definition) is 1. The normalized spacial score (nSPS) is 15.3. The van der Waals surface area contributed by atoms with Crippen LogP contribution in [0.2, 0.25) is 0 Å². The third-order valence-electron chi connectivity index (χ3n) is 4.48. The van der Waals surface area contributed by atoms with Gasteiger partial charge in [-0.05, 0) is 19.1 Å². The van der Waals surface area contributed by atoms with Gasteiger partial charge in [0.1, 0.15) is 0 Å². The number of H-pyrrole nitrogens is 1. The molecule has 2 aromatic rings. The summed E-state index contributed by atoms with van der Waals surface area (Å²) >= 11 is 0. The molecule has 7 heteroatoms. The summed E-state index contributed by atoms with van der Waals surface area (Å²) in [5.41, 5.74) is 0.620. The number of rotatable bonds is 4. The number of amides is 1. The fourth-order valence-electron chi connectivity index (χ4n) is 3.03. The maximum absolute atomic E-state index is 12.4. The highest BCUT2D eigenvalue weighted by Crippen LogP contribution is 2.08. The molecular weight excluding hydrogens is 320 g/mol. The summed E-state index contributed by atoms with van der Waals surface area (Å²) in [5, 5.41) is 0. The standard InChI is InChI=1S/C18H22N4O3/c1-14-13-16(23)22(18(25)19-14)12-9-20-7-10-21(11-8-20)17(24)15-5-3-2-4-6-15/h2-6,13H,7-12H2,1H3,(H,19,25). The van der Waals surface area contributed by atoms with E-state index in [1.54, 1.807) is 6.92 Å². The van der Waals surface area contributed by atoms with Crippen LogP contribution in [0.3, 0.4) is 0 Å². The lowest BCUT2D eigenvalue weighted by Crippen LogP contribution is -2.50. The first-order valence-electron chi connectivity index (χ1n) is 8.42. The van der Waals surface area contributed by atoms with Crippen molar-refractivity contribution in [1.82, 2.24) is 19.4 Å². The molecule has 0 saturated carbocycles. The second-order valence-electron chi connectivity index (χ2n) is 6.25. The molecule has 0 aliphatic carbocycles. The van der Waals surface area contributed by atoms with Gasteiger partial charge in [-0.3, -0.25) is 19.1 Å². The lowest BCUT2D eigenvalue weighted by molar-refractivity contribution is 0.0632. The Labute approximate surface area is 145 Å². The Hall–Kier alpha value is -2.67. The first-order chi connectivity index (χ1) is 12.0. The summed E-state index contributed by atoms with van der Waals surface area (Å²) in [4.78, 5) is 42.8. The molecule has 0 spiro atoms. The number of hydrogen-bond acceptors (Lipinski definition) is 4. The number of aromatic nitrogens is 2. The molecule has 25 heavy (non-hydrogen) atoms. The van der Waals surface area contributed by atoms with E-state index in [-0.39, 0.29) is 17.2 Å². The second-order valence-corrected chi connectivity index (χ2v) is 6.25. The molecule has 1 amide bonds. The zero-order valence-electron chi connectivity index (χ0n) is 14.3. The lowest BCUT2D eigenvalue weighted by Gasteiger charge is -2.34. The number of carbonyl (C=O) groups excluding carboxylic acids is 1. The van der Waals surface area contributed by atoms with Crippen LogP contribution in [0, 0.1) is 6.92 Å². The topological polar surface area (TPSA) is 78.4 Å². The zero-order chi connectivity index (χ0) is 17.8. The molecule has 0 bridgehead atoms. The van der Waals surface area contributed by atoms with Crippen LogP contribution in [-0.4, -0.2) is 58.0 Å². The largest absolute Gasteiger partial charge is 0.336 e. The fraction of sp³-hybridized carbons (Fsp3) is 0.389. The Balaban J connectivity index is 1.54. The summed E-state index contributed by atoms with van der Waals surface area (Å²) in [5.74, 6) is 0.0476. The van der Waals surface area contributed by atoms with Gasteiger partial charge < -0.3 is 9.88 Å². The molecule has 1 N–H and O–H groups in total. The second kappa shape index (κ2) is 7.48. The van der Waals surface area contributed by atoms with Gasteiger partial charge in [-0.25, -0.2) is 4.79 Å². The third kappa shape index (κ3) is 4.06. The van der Waals surface area contributed by atoms with Crippen molar-refractivity contribution in [2.75, 3.05) is 32.7 Å². The van der Waals surface area contributed by atoms with Gasteiger partial charge in [-0.2, -0.15) is 0 Å². The molecular formula is C18H22N4O3. The molecule has 132 valence electrons. The molecule has 2 heterocycles. The predicted octanol–water partition coefficient (Wildman–Crippen LogP) is 0.303. The zero-order valence-corrected chi connectivity index (χ0v) is 14.3. The van der Waals surface area contributed by atoms with Crippen LogP contribution >= 0.6 is 0 Å². The van der Waals surface area contributed by atoms with Gasteiger partial charge in [0.05, 0.1) is 0 Å². The van der Waals surface area contributed by atoms with Crippen LogP contribution in [0.15, 0.2) is 46.0 Å². The quantitative estimate of drug-likeness (QED) is 0.867. The van der Waals surface area contributed by atoms with Crippen LogP contribution in [0.5, 0.6) is 0 Å². The van der Waals surface area contributed by atoms with E-state index in [4.69, 9.17) is 0 Å². The average Bonchev–Trinajstić information content (AvgIpc) is 2.61. The minimum Gasteiger partial charge on any atom is -0.336 e. The summed E-state index contributed by atoms with van der Waals surface area (Å²) in [6.07, 6.45) is 0. The highest BCUT2D eigenvalue weighted by atomic mass is 16.2. The Morgan fingerprint density at radius 1 is 1.04 bits per heavy atom. The van der Waals surface area contributed by atoms with Gasteiger partial charge in [0.2, 0.25) is 0 Å². The molecule has 7 nitrogen and oxygen atoms in total. The van der Waals surface area contributed by atoms with E-state index < -0.39 is 0 Å². The molecule has 0 unspecified atom stereocenters. The van der Waals surface area contributed by atoms with E-state index in [1.165, 1.54) is 10.6 Å². The van der Waals surface area contributed by atoms with Gasteiger partial charge in [0, 0.05) is 56.6 Å². The molecule has 0 atom stereocenters. The first kappa shape index (κ1) is 17.2. The number of carbonyl (C=O) groups is 1. The summed E-state index contributed by atoms with van der Waals surface area (Å²) in [6, 6.07) is 10.7. The highest BCUT2D eigenvalue weighted by molar-refractivity contribution is 5.94. The maximum atomic E-state index is 12.4. The number of aromatic amines is 1. The number of benzene rings is 1. The number of nitrogens with one attached hydrogen (secondary N) is 1. The summed E-state index contributed by atoms with van der Waals surface area (Å²) in [7, 11) is 0. The Bertz CT molecular complexity index is 817. The van der Waals surface area contributed by atoms with E-state index in [0.29, 0.717) is 37.4 Å². The van der Waals surface area contributed by atoms with E-state index in [9.17, 15) is 14.4 Å². The minimum atomic E-state index is -0.372. The van der Waals surface area contributed by atoms with Crippen molar-refractivity contribution in [2.45, 2.75) is 13.5 Å².